The van der Waals surface area contributed by atoms with Crippen molar-refractivity contribution in [3.63, 3.8) is 0 Å². The minimum atomic E-state index is -1.49. The predicted octanol–water partition coefficient (Wildman–Crippen LogP) is 2.58. The summed E-state index contributed by atoms with van der Waals surface area (Å²) < 4.78 is 14.4. The lowest BCUT2D eigenvalue weighted by atomic mass is 9.71. The first kappa shape index (κ1) is 14.2. The summed E-state index contributed by atoms with van der Waals surface area (Å²) in [6.45, 7) is 0. The summed E-state index contributed by atoms with van der Waals surface area (Å²) in [5.41, 5.74) is 10.2. The highest BCUT2D eigenvalue weighted by atomic mass is 79.9. The van der Waals surface area contributed by atoms with Crippen LogP contribution in [0.3, 0.4) is 0 Å². The van der Waals surface area contributed by atoms with Crippen LogP contribution in [-0.4, -0.2) is 11.9 Å². The molecule has 0 heterocycles. The smallest absolute Gasteiger partial charge is 0.234 e. The molecule has 3 nitrogen and oxygen atoms in total. The average molecular weight is 346 g/mol. The zero-order chi connectivity index (χ0) is 14.2. The highest BCUT2D eigenvalue weighted by Gasteiger charge is 2.46. The molecule has 1 amide bonds. The van der Waals surface area contributed by atoms with Gasteiger partial charge < -0.3 is 11.5 Å². The maximum absolute atomic E-state index is 13.8. The summed E-state index contributed by atoms with van der Waals surface area (Å²) in [6.07, 6.45) is 4.11. The third-order valence-corrected chi connectivity index (χ3v) is 4.50. The molecule has 2 rings (SSSR count). The second-order valence-electron chi connectivity index (χ2n) is 4.22. The molecule has 1 aliphatic rings. The van der Waals surface area contributed by atoms with E-state index in [1.807, 2.05) is 0 Å². The van der Waals surface area contributed by atoms with Crippen molar-refractivity contribution in [3.8, 4) is 0 Å². The molecule has 1 aromatic carbocycles. The van der Waals surface area contributed by atoms with Gasteiger partial charge in [0.15, 0.2) is 0 Å². The Morgan fingerprint density at radius 3 is 2.79 bits per heavy atom. The molecule has 2 unspecified atom stereocenters. The Labute approximate surface area is 123 Å². The van der Waals surface area contributed by atoms with Crippen molar-refractivity contribution in [1.82, 2.24) is 0 Å². The Kier molecular flexibility index (Phi) is 3.80. The third-order valence-electron chi connectivity index (χ3n) is 3.21. The van der Waals surface area contributed by atoms with Gasteiger partial charge in [0, 0.05) is 4.47 Å². The first-order valence-corrected chi connectivity index (χ1v) is 6.63. The molecule has 2 atom stereocenters. The second-order valence-corrected chi connectivity index (χ2v) is 5.46. The number of amides is 1. The Balaban J connectivity index is 2.72. The van der Waals surface area contributed by atoms with Gasteiger partial charge in [-0.25, -0.2) is 4.39 Å². The fraction of sp³-hybridized carbons (Fsp3) is 0.154. The van der Waals surface area contributed by atoms with E-state index in [0.717, 1.165) is 0 Å². The van der Waals surface area contributed by atoms with E-state index in [1.54, 1.807) is 18.2 Å². The van der Waals surface area contributed by atoms with E-state index in [9.17, 15) is 9.18 Å². The van der Waals surface area contributed by atoms with Gasteiger partial charge in [0.1, 0.15) is 11.2 Å². The number of halogens is 3. The topological polar surface area (TPSA) is 69.1 Å². The van der Waals surface area contributed by atoms with Crippen LogP contribution in [0.2, 0.25) is 5.02 Å². The summed E-state index contributed by atoms with van der Waals surface area (Å²) in [5, 5.41) is 0.288. The van der Waals surface area contributed by atoms with Crippen molar-refractivity contribution in [2.75, 3.05) is 0 Å². The van der Waals surface area contributed by atoms with E-state index < -0.39 is 23.2 Å². The minimum absolute atomic E-state index is 0.288. The molecule has 4 N–H and O–H groups in total. The number of hydrogen-bond donors (Lipinski definition) is 2. The predicted molar refractivity (Wildman–Crippen MR) is 76.3 cm³/mol. The Hall–Kier alpha value is -1.17. The molecule has 0 saturated heterocycles. The van der Waals surface area contributed by atoms with Crippen molar-refractivity contribution < 1.29 is 9.18 Å². The number of hydrogen-bond acceptors (Lipinski definition) is 2. The number of allylic oxidation sites excluding steroid dienone is 2. The van der Waals surface area contributed by atoms with Gasteiger partial charge in [0.25, 0.3) is 0 Å². The third kappa shape index (κ3) is 2.12. The highest BCUT2D eigenvalue weighted by Crippen LogP contribution is 2.41. The quantitative estimate of drug-likeness (QED) is 0.865. The van der Waals surface area contributed by atoms with Crippen molar-refractivity contribution in [2.45, 2.75) is 11.5 Å². The molecule has 0 aliphatic heterocycles. The standard InChI is InChI=1S/C13H11BrClFN2O/c14-8-4-1-3-7(10(8)15)13(12(18)19)6-2-5-9(16)11(13)17/h1-6,11H,17H2,(H2,18,19). The number of rotatable bonds is 2. The molecule has 19 heavy (non-hydrogen) atoms. The number of carbonyl (C=O) groups excluding carboxylic acids is 1. The first-order chi connectivity index (χ1) is 8.91. The SMILES string of the molecule is NC(=O)C1(c2cccc(Br)c2Cl)C=CC=C(F)C1N. The van der Waals surface area contributed by atoms with Gasteiger partial charge in [0.05, 0.1) is 11.1 Å². The number of benzene rings is 1. The summed E-state index contributed by atoms with van der Waals surface area (Å²) in [4.78, 5) is 11.9. The molecular weight excluding hydrogens is 335 g/mol. The summed E-state index contributed by atoms with van der Waals surface area (Å²) in [5.74, 6) is -1.36. The summed E-state index contributed by atoms with van der Waals surface area (Å²) >= 11 is 9.45. The molecule has 0 spiro atoms. The van der Waals surface area contributed by atoms with Gasteiger partial charge in [-0.15, -0.1) is 0 Å². The first-order valence-electron chi connectivity index (χ1n) is 5.46. The van der Waals surface area contributed by atoms with Crippen LogP contribution in [-0.2, 0) is 10.2 Å². The van der Waals surface area contributed by atoms with E-state index in [-0.39, 0.29) is 5.02 Å². The van der Waals surface area contributed by atoms with Crippen LogP contribution in [0.15, 0.2) is 46.7 Å². The fourth-order valence-corrected chi connectivity index (χ4v) is 2.81. The number of carbonyl (C=O) groups is 1. The van der Waals surface area contributed by atoms with Crippen LogP contribution < -0.4 is 11.5 Å². The maximum atomic E-state index is 13.8. The average Bonchev–Trinajstić information content (AvgIpc) is 2.36. The monoisotopic (exact) mass is 344 g/mol. The molecule has 0 radical (unpaired) electrons. The molecule has 6 heteroatoms. The van der Waals surface area contributed by atoms with Gasteiger partial charge in [-0.05, 0) is 33.6 Å². The van der Waals surface area contributed by atoms with Gasteiger partial charge >= 0.3 is 0 Å². The van der Waals surface area contributed by atoms with E-state index in [2.05, 4.69) is 15.9 Å². The Morgan fingerprint density at radius 2 is 2.16 bits per heavy atom. The molecule has 0 aromatic heterocycles. The highest BCUT2D eigenvalue weighted by molar-refractivity contribution is 9.10. The molecule has 0 bridgehead atoms. The van der Waals surface area contributed by atoms with Gasteiger partial charge in [0.2, 0.25) is 5.91 Å². The van der Waals surface area contributed by atoms with Gasteiger partial charge in [-0.3, -0.25) is 4.79 Å². The summed E-state index contributed by atoms with van der Waals surface area (Å²) in [7, 11) is 0. The maximum Gasteiger partial charge on any atom is 0.234 e. The van der Waals surface area contributed by atoms with E-state index >= 15 is 0 Å². The van der Waals surface area contributed by atoms with Gasteiger partial charge in [-0.2, -0.15) is 0 Å². The van der Waals surface area contributed by atoms with Crippen molar-refractivity contribution >= 4 is 33.4 Å². The Bertz CT molecular complexity index is 602. The fourth-order valence-electron chi connectivity index (χ4n) is 2.17. The van der Waals surface area contributed by atoms with Crippen LogP contribution in [0, 0.1) is 0 Å². The molecule has 1 aliphatic carbocycles. The van der Waals surface area contributed by atoms with Crippen LogP contribution in [0.25, 0.3) is 0 Å². The molecule has 0 saturated carbocycles. The zero-order valence-corrected chi connectivity index (χ0v) is 12.1. The van der Waals surface area contributed by atoms with Crippen LogP contribution in [0.1, 0.15) is 5.56 Å². The lowest BCUT2D eigenvalue weighted by Gasteiger charge is -2.35. The molecule has 1 aromatic rings. The van der Waals surface area contributed by atoms with E-state index in [4.69, 9.17) is 23.1 Å². The zero-order valence-electron chi connectivity index (χ0n) is 9.74. The van der Waals surface area contributed by atoms with Crippen LogP contribution >= 0.6 is 27.5 Å². The Morgan fingerprint density at radius 1 is 1.47 bits per heavy atom. The lowest BCUT2D eigenvalue weighted by molar-refractivity contribution is -0.122. The normalized spacial score (nSPS) is 26.1. The second kappa shape index (κ2) is 5.07. The number of primary amides is 1. The van der Waals surface area contributed by atoms with Crippen molar-refractivity contribution in [2.24, 2.45) is 11.5 Å². The van der Waals surface area contributed by atoms with Crippen LogP contribution in [0.5, 0.6) is 0 Å². The van der Waals surface area contributed by atoms with E-state index in [1.165, 1.54) is 18.2 Å². The molecular formula is C13H11BrClFN2O. The lowest BCUT2D eigenvalue weighted by Crippen LogP contribution is -2.54. The minimum Gasteiger partial charge on any atom is -0.369 e. The number of nitrogens with two attached hydrogens (primary N) is 2. The van der Waals surface area contributed by atoms with Crippen molar-refractivity contribution in [3.05, 3.63) is 57.3 Å². The largest absolute Gasteiger partial charge is 0.369 e. The molecule has 0 fully saturated rings. The van der Waals surface area contributed by atoms with Gasteiger partial charge in [-0.1, -0.05) is 35.9 Å². The molecule has 100 valence electrons. The van der Waals surface area contributed by atoms with Crippen LogP contribution in [0.4, 0.5) is 4.39 Å². The summed E-state index contributed by atoms with van der Waals surface area (Å²) in [6, 6.07) is 3.82. The van der Waals surface area contributed by atoms with E-state index in [0.29, 0.717) is 10.0 Å². The van der Waals surface area contributed by atoms with Crippen molar-refractivity contribution in [1.29, 1.82) is 0 Å².